The minimum atomic E-state index is -2.91. The molecule has 0 fully saturated rings. The van der Waals surface area contributed by atoms with E-state index >= 15 is 0 Å². The van der Waals surface area contributed by atoms with Crippen LogP contribution in [0, 0.1) is 0 Å². The highest BCUT2D eigenvalue weighted by Crippen LogP contribution is 2.24. The Bertz CT molecular complexity index is 1050. The smallest absolute Gasteiger partial charge is 0.421 e. The normalized spacial score (nSPS) is 11.8. The van der Waals surface area contributed by atoms with Gasteiger partial charge < -0.3 is 13.9 Å². The van der Waals surface area contributed by atoms with Crippen molar-refractivity contribution in [2.75, 3.05) is 0 Å². The number of aromatic nitrogens is 2. The van der Waals surface area contributed by atoms with Crippen molar-refractivity contribution in [2.45, 2.75) is 39.5 Å². The van der Waals surface area contributed by atoms with Crippen molar-refractivity contribution < 1.29 is 27.5 Å². The van der Waals surface area contributed by atoms with Crippen molar-refractivity contribution in [3.63, 3.8) is 0 Å². The molecule has 148 valence electrons. The van der Waals surface area contributed by atoms with Crippen LogP contribution < -0.4 is 10.5 Å². The number of fused-ring (bicyclic) bond motifs is 1. The molecule has 1 aromatic carbocycles. The number of rotatable bonds is 5. The van der Waals surface area contributed by atoms with E-state index in [0.29, 0.717) is 11.3 Å². The molecule has 0 aliphatic carbocycles. The third-order valence-electron chi connectivity index (χ3n) is 3.60. The first kappa shape index (κ1) is 19.5. The predicted molar refractivity (Wildman–Crippen MR) is 96.2 cm³/mol. The molecule has 0 atom stereocenters. The van der Waals surface area contributed by atoms with Crippen molar-refractivity contribution in [1.82, 2.24) is 9.55 Å². The van der Waals surface area contributed by atoms with Gasteiger partial charge in [0.15, 0.2) is 11.2 Å². The predicted octanol–water partition coefficient (Wildman–Crippen LogP) is 3.60. The number of ether oxygens (including phenoxy) is 2. The molecule has 0 unspecified atom stereocenters. The zero-order valence-corrected chi connectivity index (χ0v) is 15.4. The number of pyridine rings is 1. The Labute approximate surface area is 158 Å². The summed E-state index contributed by atoms with van der Waals surface area (Å²) in [6.07, 6.45) is 0. The first-order valence-electron chi connectivity index (χ1n) is 8.40. The van der Waals surface area contributed by atoms with Crippen LogP contribution in [0.15, 0.2) is 45.6 Å². The molecule has 3 rings (SSSR count). The summed E-state index contributed by atoms with van der Waals surface area (Å²) in [5.41, 5.74) is 0.785. The van der Waals surface area contributed by atoms with Gasteiger partial charge >= 0.3 is 18.3 Å². The van der Waals surface area contributed by atoms with Gasteiger partial charge in [0.2, 0.25) is 0 Å². The van der Waals surface area contributed by atoms with Gasteiger partial charge in [0, 0.05) is 5.56 Å². The van der Waals surface area contributed by atoms with Crippen LogP contribution in [-0.4, -0.2) is 27.7 Å². The number of benzene rings is 1. The molecule has 0 amide bonds. The summed E-state index contributed by atoms with van der Waals surface area (Å²) in [6.45, 7) is 1.91. The molecule has 0 aliphatic heterocycles. The zero-order chi connectivity index (χ0) is 20.5. The summed E-state index contributed by atoms with van der Waals surface area (Å²) < 4.78 is 40.3. The van der Waals surface area contributed by atoms with Crippen molar-refractivity contribution >= 4 is 17.2 Å². The maximum Gasteiger partial charge on any atom is 0.421 e. The van der Waals surface area contributed by atoms with Crippen LogP contribution in [0.5, 0.6) is 5.75 Å². The SMILES string of the molecule is CC(C)(C)OC(=O)Cn1c(=O)oc2ccc(-c3ccc(OC(F)F)cc3)nc21. The summed E-state index contributed by atoms with van der Waals surface area (Å²) >= 11 is 0. The number of alkyl halides is 2. The van der Waals surface area contributed by atoms with Crippen LogP contribution in [-0.2, 0) is 16.1 Å². The standard InChI is InChI=1S/C19H18F2N2O5/c1-19(2,3)28-15(24)10-23-16-14(27-18(23)25)9-8-13(22-16)11-4-6-12(7-5-11)26-17(20)21/h4-9,17H,10H2,1-3H3. The average molecular weight is 392 g/mol. The van der Waals surface area contributed by atoms with E-state index in [1.165, 1.54) is 12.1 Å². The molecule has 9 heteroatoms. The lowest BCUT2D eigenvalue weighted by atomic mass is 10.1. The second-order valence-corrected chi connectivity index (χ2v) is 6.96. The van der Waals surface area contributed by atoms with Crippen LogP contribution in [0.1, 0.15) is 20.8 Å². The van der Waals surface area contributed by atoms with Crippen molar-refractivity contribution in [1.29, 1.82) is 0 Å². The molecule has 0 bridgehead atoms. The van der Waals surface area contributed by atoms with E-state index in [2.05, 4.69) is 9.72 Å². The van der Waals surface area contributed by atoms with Gasteiger partial charge in [-0.3, -0.25) is 4.79 Å². The van der Waals surface area contributed by atoms with Gasteiger partial charge in [-0.15, -0.1) is 0 Å². The monoisotopic (exact) mass is 392 g/mol. The summed E-state index contributed by atoms with van der Waals surface area (Å²) in [5, 5.41) is 0. The molecule has 3 aromatic rings. The van der Waals surface area contributed by atoms with Crippen molar-refractivity contribution in [3.05, 3.63) is 46.9 Å². The molecule has 0 saturated carbocycles. The van der Waals surface area contributed by atoms with Gasteiger partial charge in [-0.05, 0) is 57.2 Å². The number of carbonyl (C=O) groups is 1. The Morgan fingerprint density at radius 1 is 1.18 bits per heavy atom. The Morgan fingerprint density at radius 2 is 1.86 bits per heavy atom. The number of carbonyl (C=O) groups excluding carboxylic acids is 1. The third-order valence-corrected chi connectivity index (χ3v) is 3.60. The lowest BCUT2D eigenvalue weighted by molar-refractivity contribution is -0.155. The second-order valence-electron chi connectivity index (χ2n) is 6.96. The Kier molecular flexibility index (Phi) is 5.17. The molecule has 7 nitrogen and oxygen atoms in total. The fraction of sp³-hybridized carbons (Fsp3) is 0.316. The molecular formula is C19H18F2N2O5. The van der Waals surface area contributed by atoms with Crippen LogP contribution in [0.2, 0.25) is 0 Å². The molecular weight excluding hydrogens is 374 g/mol. The second kappa shape index (κ2) is 7.41. The Morgan fingerprint density at radius 3 is 2.46 bits per heavy atom. The van der Waals surface area contributed by atoms with Gasteiger partial charge in [0.05, 0.1) is 5.69 Å². The molecule has 2 heterocycles. The lowest BCUT2D eigenvalue weighted by Crippen LogP contribution is -2.29. The van der Waals surface area contributed by atoms with E-state index < -0.39 is 23.9 Å². The van der Waals surface area contributed by atoms with E-state index in [4.69, 9.17) is 9.15 Å². The highest BCUT2D eigenvalue weighted by atomic mass is 19.3. The highest BCUT2D eigenvalue weighted by molar-refractivity contribution is 5.76. The number of hydrogen-bond acceptors (Lipinski definition) is 6. The van der Waals surface area contributed by atoms with Crippen LogP contribution >= 0.6 is 0 Å². The molecule has 0 radical (unpaired) electrons. The van der Waals surface area contributed by atoms with Gasteiger partial charge in [0.25, 0.3) is 0 Å². The summed E-state index contributed by atoms with van der Waals surface area (Å²) in [6, 6.07) is 9.05. The van der Waals surface area contributed by atoms with Gasteiger partial charge in [0.1, 0.15) is 17.9 Å². The average Bonchev–Trinajstić information content (AvgIpc) is 2.88. The van der Waals surface area contributed by atoms with Crippen LogP contribution in [0.25, 0.3) is 22.5 Å². The van der Waals surface area contributed by atoms with E-state index in [9.17, 15) is 18.4 Å². The summed E-state index contributed by atoms with van der Waals surface area (Å²) in [7, 11) is 0. The maximum absolute atomic E-state index is 12.3. The van der Waals surface area contributed by atoms with Crippen molar-refractivity contribution in [2.24, 2.45) is 0 Å². The first-order valence-corrected chi connectivity index (χ1v) is 8.40. The molecule has 0 saturated heterocycles. The number of hydrogen-bond donors (Lipinski definition) is 0. The van der Waals surface area contributed by atoms with E-state index in [1.54, 1.807) is 45.0 Å². The number of esters is 1. The Hall–Kier alpha value is -3.23. The van der Waals surface area contributed by atoms with Gasteiger partial charge in [-0.2, -0.15) is 8.78 Å². The molecule has 0 aliphatic rings. The summed E-state index contributed by atoms with van der Waals surface area (Å²) in [4.78, 5) is 28.6. The topological polar surface area (TPSA) is 83.6 Å². The fourth-order valence-corrected chi connectivity index (χ4v) is 2.55. The largest absolute Gasteiger partial charge is 0.459 e. The highest BCUT2D eigenvalue weighted by Gasteiger charge is 2.20. The van der Waals surface area contributed by atoms with Gasteiger partial charge in [-0.25, -0.2) is 14.3 Å². The molecule has 28 heavy (non-hydrogen) atoms. The number of halogens is 2. The van der Waals surface area contributed by atoms with Gasteiger partial charge in [-0.1, -0.05) is 0 Å². The molecule has 2 aromatic heterocycles. The van der Waals surface area contributed by atoms with Crippen molar-refractivity contribution in [3.8, 4) is 17.0 Å². The quantitative estimate of drug-likeness (QED) is 0.617. The maximum atomic E-state index is 12.3. The molecule has 0 spiro atoms. The van der Waals surface area contributed by atoms with Crippen LogP contribution in [0.3, 0.4) is 0 Å². The fourth-order valence-electron chi connectivity index (χ4n) is 2.55. The van der Waals surface area contributed by atoms with E-state index in [1.807, 2.05) is 0 Å². The lowest BCUT2D eigenvalue weighted by Gasteiger charge is -2.19. The minimum absolute atomic E-state index is 0.0185. The first-order chi connectivity index (χ1) is 13.1. The van der Waals surface area contributed by atoms with E-state index in [-0.39, 0.29) is 23.5 Å². The molecule has 0 N–H and O–H groups in total. The van der Waals surface area contributed by atoms with Crippen LogP contribution in [0.4, 0.5) is 8.78 Å². The third kappa shape index (κ3) is 4.54. The Balaban J connectivity index is 1.92. The minimum Gasteiger partial charge on any atom is -0.459 e. The number of oxazole rings is 1. The zero-order valence-electron chi connectivity index (χ0n) is 15.4. The number of nitrogens with zero attached hydrogens (tertiary/aromatic N) is 2. The summed E-state index contributed by atoms with van der Waals surface area (Å²) in [5.74, 6) is -1.31. The van der Waals surface area contributed by atoms with E-state index in [0.717, 1.165) is 4.57 Å².